The average Bonchev–Trinajstić information content (AvgIpc) is 3.04. The summed E-state index contributed by atoms with van der Waals surface area (Å²) in [5.74, 6) is -0.417. The number of benzene rings is 3. The van der Waals surface area contributed by atoms with Gasteiger partial charge in [0.2, 0.25) is 5.91 Å². The van der Waals surface area contributed by atoms with Crippen LogP contribution >= 0.6 is 0 Å². The van der Waals surface area contributed by atoms with E-state index >= 15 is 0 Å². The molecule has 1 aliphatic rings. The number of anilines is 1. The molecule has 1 saturated heterocycles. The molecule has 4 amide bonds. The summed E-state index contributed by atoms with van der Waals surface area (Å²) in [7, 11) is 1.50. The molecule has 0 aromatic heterocycles. The Balaban J connectivity index is 1.57. The van der Waals surface area contributed by atoms with Crippen LogP contribution in [0.3, 0.4) is 0 Å². The van der Waals surface area contributed by atoms with Crippen LogP contribution in [0, 0.1) is 0 Å². The van der Waals surface area contributed by atoms with Crippen molar-refractivity contribution in [3.8, 4) is 5.75 Å². The molecular weight excluding hydrogens is 418 g/mol. The predicted molar refractivity (Wildman–Crippen MR) is 125 cm³/mol. The van der Waals surface area contributed by atoms with Gasteiger partial charge in [-0.15, -0.1) is 0 Å². The van der Waals surface area contributed by atoms with Gasteiger partial charge in [0.1, 0.15) is 17.8 Å². The molecule has 3 aromatic carbocycles. The van der Waals surface area contributed by atoms with Gasteiger partial charge in [0, 0.05) is 12.8 Å². The van der Waals surface area contributed by atoms with Gasteiger partial charge >= 0.3 is 6.03 Å². The number of nitrogens with one attached hydrogen (secondary N) is 2. The van der Waals surface area contributed by atoms with Crippen LogP contribution in [0.25, 0.3) is 0 Å². The molecule has 0 atom stereocenters. The number of ether oxygens (including phenoxy) is 1. The summed E-state index contributed by atoms with van der Waals surface area (Å²) in [4.78, 5) is 40.2. The molecule has 0 bridgehead atoms. The lowest BCUT2D eigenvalue weighted by Gasteiger charge is -2.27. The maximum Gasteiger partial charge on any atom is 0.325 e. The Morgan fingerprint density at radius 1 is 0.879 bits per heavy atom. The highest BCUT2D eigenvalue weighted by atomic mass is 16.5. The predicted octanol–water partition coefficient (Wildman–Crippen LogP) is 3.41. The Morgan fingerprint density at radius 3 is 2.00 bits per heavy atom. The topological polar surface area (TPSA) is 87.7 Å². The summed E-state index contributed by atoms with van der Waals surface area (Å²) in [6.45, 7) is -0.395. The number of carbonyl (C=O) groups is 3. The van der Waals surface area contributed by atoms with Crippen molar-refractivity contribution in [2.45, 2.75) is 18.4 Å². The van der Waals surface area contributed by atoms with Crippen molar-refractivity contribution < 1.29 is 19.1 Å². The number of carbonyl (C=O) groups excluding carboxylic acids is 3. The summed E-state index contributed by atoms with van der Waals surface area (Å²) in [6, 6.07) is 25.4. The third-order valence-electron chi connectivity index (χ3n) is 5.63. The Bertz CT molecular complexity index is 1110. The van der Waals surface area contributed by atoms with Crippen LogP contribution in [0.15, 0.2) is 84.9 Å². The van der Waals surface area contributed by atoms with E-state index in [9.17, 15) is 14.4 Å². The molecule has 0 saturated carbocycles. The van der Waals surface area contributed by atoms with E-state index in [-0.39, 0.29) is 0 Å². The van der Waals surface area contributed by atoms with Gasteiger partial charge in [-0.1, -0.05) is 72.8 Å². The zero-order valence-corrected chi connectivity index (χ0v) is 18.3. The van der Waals surface area contributed by atoms with E-state index < -0.39 is 29.9 Å². The smallest absolute Gasteiger partial charge is 0.325 e. The largest absolute Gasteiger partial charge is 0.495 e. The van der Waals surface area contributed by atoms with Gasteiger partial charge in [0.25, 0.3) is 5.91 Å². The fraction of sp³-hybridized carbons (Fsp3) is 0.192. The first-order valence-electron chi connectivity index (χ1n) is 10.7. The fourth-order valence-electron chi connectivity index (χ4n) is 4.09. The number of hydrogen-bond donors (Lipinski definition) is 2. The summed E-state index contributed by atoms with van der Waals surface area (Å²) in [6.07, 6.45) is 0.635. The fourth-order valence-corrected chi connectivity index (χ4v) is 4.09. The van der Waals surface area contributed by atoms with Crippen molar-refractivity contribution in [1.29, 1.82) is 0 Å². The Hall–Kier alpha value is -4.13. The Kier molecular flexibility index (Phi) is 6.40. The molecule has 1 aliphatic heterocycles. The van der Waals surface area contributed by atoms with Crippen molar-refractivity contribution in [1.82, 2.24) is 10.2 Å². The molecule has 7 heteroatoms. The molecule has 0 spiro atoms. The number of amides is 4. The van der Waals surface area contributed by atoms with Gasteiger partial charge in [-0.3, -0.25) is 14.5 Å². The van der Waals surface area contributed by atoms with E-state index in [4.69, 9.17) is 4.74 Å². The minimum absolute atomic E-state index is 0.317. The molecule has 0 unspecified atom stereocenters. The second kappa shape index (κ2) is 9.56. The standard InChI is InChI=1S/C26H25N3O4/c1-33-22-15-9-8-14-21(22)27-23(30)18-29-24(31)26(28-25(29)32,16-19-10-4-2-5-11-19)17-20-12-6-3-7-13-20/h2-15H,16-18H2,1H3,(H,27,30)(H,28,32). The zero-order valence-electron chi connectivity index (χ0n) is 18.3. The van der Waals surface area contributed by atoms with Crippen LogP contribution < -0.4 is 15.4 Å². The first kappa shape index (κ1) is 22.1. The first-order valence-corrected chi connectivity index (χ1v) is 10.7. The third kappa shape index (κ3) is 4.87. The van der Waals surface area contributed by atoms with E-state index in [0.29, 0.717) is 24.3 Å². The number of urea groups is 1. The zero-order chi connectivity index (χ0) is 23.3. The van der Waals surface area contributed by atoms with Gasteiger partial charge in [0.15, 0.2) is 0 Å². The van der Waals surface area contributed by atoms with Crippen molar-refractivity contribution >= 4 is 23.5 Å². The van der Waals surface area contributed by atoms with Gasteiger partial charge < -0.3 is 15.4 Å². The minimum Gasteiger partial charge on any atom is -0.495 e. The second-order valence-corrected chi connectivity index (χ2v) is 7.98. The van der Waals surface area contributed by atoms with Crippen LogP contribution in [0.1, 0.15) is 11.1 Å². The number of nitrogens with zero attached hydrogens (tertiary/aromatic N) is 1. The summed E-state index contributed by atoms with van der Waals surface area (Å²) in [5, 5.41) is 5.61. The van der Waals surface area contributed by atoms with Gasteiger partial charge in [0.05, 0.1) is 12.8 Å². The number of imide groups is 1. The van der Waals surface area contributed by atoms with Crippen LogP contribution in [-0.4, -0.2) is 41.9 Å². The lowest BCUT2D eigenvalue weighted by atomic mass is 9.84. The second-order valence-electron chi connectivity index (χ2n) is 7.98. The van der Waals surface area contributed by atoms with Crippen molar-refractivity contribution in [2.75, 3.05) is 19.0 Å². The molecule has 0 aliphatic carbocycles. The molecule has 3 aromatic rings. The highest BCUT2D eigenvalue weighted by Crippen LogP contribution is 2.28. The summed E-state index contributed by atoms with van der Waals surface area (Å²) >= 11 is 0. The Labute approximate surface area is 192 Å². The van der Waals surface area contributed by atoms with Gasteiger partial charge in [-0.05, 0) is 23.3 Å². The quantitative estimate of drug-likeness (QED) is 0.523. The third-order valence-corrected chi connectivity index (χ3v) is 5.63. The number of para-hydroxylation sites is 2. The van der Waals surface area contributed by atoms with E-state index in [2.05, 4.69) is 10.6 Å². The molecular formula is C26H25N3O4. The SMILES string of the molecule is COc1ccccc1NC(=O)CN1C(=O)NC(Cc2ccccc2)(Cc2ccccc2)C1=O. The lowest BCUT2D eigenvalue weighted by Crippen LogP contribution is -2.51. The molecule has 168 valence electrons. The van der Waals surface area contributed by atoms with E-state index in [1.54, 1.807) is 24.3 Å². The summed E-state index contributed by atoms with van der Waals surface area (Å²) < 4.78 is 5.25. The lowest BCUT2D eigenvalue weighted by molar-refractivity contribution is -0.133. The van der Waals surface area contributed by atoms with Gasteiger partial charge in [-0.2, -0.15) is 0 Å². The van der Waals surface area contributed by atoms with E-state index in [1.807, 2.05) is 60.7 Å². The number of rotatable bonds is 8. The van der Waals surface area contributed by atoms with Crippen LogP contribution in [0.4, 0.5) is 10.5 Å². The number of hydrogen-bond acceptors (Lipinski definition) is 4. The average molecular weight is 444 g/mol. The molecule has 7 nitrogen and oxygen atoms in total. The maximum atomic E-state index is 13.6. The highest BCUT2D eigenvalue weighted by molar-refractivity contribution is 6.10. The number of methoxy groups -OCH3 is 1. The normalized spacial score (nSPS) is 14.6. The van der Waals surface area contributed by atoms with E-state index in [0.717, 1.165) is 16.0 Å². The molecule has 0 radical (unpaired) electrons. The van der Waals surface area contributed by atoms with Crippen molar-refractivity contribution in [3.63, 3.8) is 0 Å². The molecule has 4 rings (SSSR count). The highest BCUT2D eigenvalue weighted by Gasteiger charge is 2.51. The van der Waals surface area contributed by atoms with Crippen LogP contribution in [0.5, 0.6) is 5.75 Å². The first-order chi connectivity index (χ1) is 16.0. The Morgan fingerprint density at radius 2 is 1.42 bits per heavy atom. The molecule has 1 heterocycles. The summed E-state index contributed by atoms with van der Waals surface area (Å²) in [5.41, 5.74) is 1.13. The minimum atomic E-state index is -1.18. The van der Waals surface area contributed by atoms with Crippen molar-refractivity contribution in [3.05, 3.63) is 96.1 Å². The van der Waals surface area contributed by atoms with Gasteiger partial charge in [-0.25, -0.2) is 4.79 Å². The maximum absolute atomic E-state index is 13.6. The van der Waals surface area contributed by atoms with E-state index in [1.165, 1.54) is 7.11 Å². The molecule has 33 heavy (non-hydrogen) atoms. The molecule has 2 N–H and O–H groups in total. The molecule has 1 fully saturated rings. The van der Waals surface area contributed by atoms with Crippen LogP contribution in [-0.2, 0) is 22.4 Å². The van der Waals surface area contributed by atoms with Crippen molar-refractivity contribution in [2.24, 2.45) is 0 Å². The monoisotopic (exact) mass is 443 g/mol. The van der Waals surface area contributed by atoms with Crippen LogP contribution in [0.2, 0.25) is 0 Å².